The molecule has 3 heterocycles. The van der Waals surface area contributed by atoms with Gasteiger partial charge in [0.1, 0.15) is 5.75 Å². The fourth-order valence-electron chi connectivity index (χ4n) is 3.54. The molecule has 2 aromatic rings. The second kappa shape index (κ2) is 6.29. The first-order chi connectivity index (χ1) is 12.5. The van der Waals surface area contributed by atoms with Gasteiger partial charge >= 0.3 is 6.16 Å². The van der Waals surface area contributed by atoms with Gasteiger partial charge in [-0.1, -0.05) is 0 Å². The number of pyridine rings is 1. The van der Waals surface area contributed by atoms with E-state index in [-0.39, 0.29) is 6.61 Å². The standard InChI is InChI=1S/C18H18N2O6/c21-15-12-5-8-25-13-9-10(20-6-1-2-7-20)3-4-11(13)14(12)19-17(22)16(15)26-18(23)24/h3-4,9H,1-2,5-8H2,(H,23,24)(H2,19,21,22). The van der Waals surface area contributed by atoms with Crippen molar-refractivity contribution in [1.29, 1.82) is 0 Å². The summed E-state index contributed by atoms with van der Waals surface area (Å²) in [5.74, 6) is -0.463. The lowest BCUT2D eigenvalue weighted by Gasteiger charge is -2.19. The molecule has 1 aromatic heterocycles. The van der Waals surface area contributed by atoms with E-state index in [0.717, 1.165) is 31.6 Å². The molecule has 1 saturated heterocycles. The quantitative estimate of drug-likeness (QED) is 0.706. The lowest BCUT2D eigenvalue weighted by Crippen LogP contribution is -2.18. The summed E-state index contributed by atoms with van der Waals surface area (Å²) in [6, 6.07) is 5.74. The van der Waals surface area contributed by atoms with Crippen LogP contribution >= 0.6 is 0 Å². The zero-order valence-corrected chi connectivity index (χ0v) is 13.9. The van der Waals surface area contributed by atoms with Gasteiger partial charge in [-0.3, -0.25) is 4.79 Å². The van der Waals surface area contributed by atoms with Crippen molar-refractivity contribution >= 4 is 11.8 Å². The highest BCUT2D eigenvalue weighted by atomic mass is 16.7. The van der Waals surface area contributed by atoms with Crippen LogP contribution < -0.4 is 19.9 Å². The number of anilines is 1. The van der Waals surface area contributed by atoms with Crippen molar-refractivity contribution in [3.8, 4) is 28.5 Å². The molecule has 0 radical (unpaired) electrons. The number of nitrogens with one attached hydrogen (secondary N) is 1. The number of nitrogens with zero attached hydrogens (tertiary/aromatic N) is 1. The largest absolute Gasteiger partial charge is 0.511 e. The van der Waals surface area contributed by atoms with Crippen LogP contribution in [-0.2, 0) is 6.42 Å². The van der Waals surface area contributed by atoms with Crippen LogP contribution in [0.4, 0.5) is 10.5 Å². The molecule has 2 aliphatic heterocycles. The number of ether oxygens (including phenoxy) is 2. The Morgan fingerprint density at radius 3 is 2.77 bits per heavy atom. The Balaban J connectivity index is 1.82. The molecule has 8 heteroatoms. The maximum atomic E-state index is 12.2. The summed E-state index contributed by atoms with van der Waals surface area (Å²) in [6.45, 7) is 2.29. The summed E-state index contributed by atoms with van der Waals surface area (Å²) >= 11 is 0. The predicted octanol–water partition coefficient (Wildman–Crippen LogP) is 2.34. The van der Waals surface area contributed by atoms with Crippen LogP contribution in [0, 0.1) is 0 Å². The van der Waals surface area contributed by atoms with Crippen molar-refractivity contribution in [3.63, 3.8) is 0 Å². The third kappa shape index (κ3) is 2.73. The van der Waals surface area contributed by atoms with Crippen molar-refractivity contribution < 1.29 is 24.5 Å². The van der Waals surface area contributed by atoms with E-state index in [1.165, 1.54) is 0 Å². The molecule has 0 unspecified atom stereocenters. The smallest absolute Gasteiger partial charge is 0.504 e. The van der Waals surface area contributed by atoms with Crippen molar-refractivity contribution in [2.45, 2.75) is 19.3 Å². The molecule has 0 amide bonds. The van der Waals surface area contributed by atoms with Gasteiger partial charge < -0.3 is 29.6 Å². The summed E-state index contributed by atoms with van der Waals surface area (Å²) < 4.78 is 10.3. The fourth-order valence-corrected chi connectivity index (χ4v) is 3.54. The fraction of sp³-hybridized carbons (Fsp3) is 0.333. The number of rotatable bonds is 2. The molecule has 1 fully saturated rings. The van der Waals surface area contributed by atoms with Gasteiger partial charge in [0.05, 0.1) is 12.3 Å². The number of H-pyrrole nitrogens is 1. The minimum absolute atomic E-state index is 0.287. The van der Waals surface area contributed by atoms with Gasteiger partial charge in [-0.05, 0) is 25.0 Å². The number of hydrogen-bond donors (Lipinski definition) is 3. The van der Waals surface area contributed by atoms with Crippen molar-refractivity contribution in [3.05, 3.63) is 34.1 Å². The average molecular weight is 358 g/mol. The van der Waals surface area contributed by atoms with E-state index >= 15 is 0 Å². The van der Waals surface area contributed by atoms with Crippen LogP contribution in [0.25, 0.3) is 11.3 Å². The Bertz CT molecular complexity index is 930. The topological polar surface area (TPSA) is 112 Å². The normalized spacial score (nSPS) is 15.6. The Kier molecular flexibility index (Phi) is 3.95. The molecule has 0 saturated carbocycles. The third-order valence-electron chi connectivity index (χ3n) is 4.75. The number of carboxylic acid groups (broad SMARTS) is 1. The van der Waals surface area contributed by atoms with Gasteiger partial charge in [-0.25, -0.2) is 4.79 Å². The van der Waals surface area contributed by atoms with Crippen LogP contribution in [0.15, 0.2) is 23.0 Å². The number of carbonyl (C=O) groups is 1. The van der Waals surface area contributed by atoms with Crippen LogP contribution in [0.2, 0.25) is 0 Å². The van der Waals surface area contributed by atoms with Gasteiger partial charge in [-0.2, -0.15) is 0 Å². The van der Waals surface area contributed by atoms with Gasteiger partial charge in [0.2, 0.25) is 5.75 Å². The first-order valence-corrected chi connectivity index (χ1v) is 8.45. The van der Waals surface area contributed by atoms with Gasteiger partial charge in [-0.15, -0.1) is 0 Å². The van der Waals surface area contributed by atoms with Crippen LogP contribution in [0.3, 0.4) is 0 Å². The highest BCUT2D eigenvalue weighted by molar-refractivity contribution is 5.77. The van der Waals surface area contributed by atoms with E-state index < -0.39 is 23.2 Å². The molecule has 0 atom stereocenters. The van der Waals surface area contributed by atoms with Gasteiger partial charge in [0, 0.05) is 42.4 Å². The predicted molar refractivity (Wildman–Crippen MR) is 93.5 cm³/mol. The highest BCUT2D eigenvalue weighted by Crippen LogP contribution is 2.41. The van der Waals surface area contributed by atoms with Crippen LogP contribution in [0.5, 0.6) is 17.2 Å². The van der Waals surface area contributed by atoms with E-state index in [1.807, 2.05) is 18.2 Å². The van der Waals surface area contributed by atoms with E-state index in [0.29, 0.717) is 29.0 Å². The van der Waals surface area contributed by atoms with Crippen molar-refractivity contribution in [1.82, 2.24) is 4.98 Å². The Labute approximate surface area is 148 Å². The molecule has 0 spiro atoms. The SMILES string of the molecule is O=C(O)Oc1c(O)c2c([nH]c1=O)-c1ccc(N3CCCC3)cc1OCC2. The molecular formula is C18H18N2O6. The number of fused-ring (bicyclic) bond motifs is 3. The summed E-state index contributed by atoms with van der Waals surface area (Å²) in [4.78, 5) is 27.9. The van der Waals surface area contributed by atoms with Crippen LogP contribution in [0.1, 0.15) is 18.4 Å². The molecule has 136 valence electrons. The number of aromatic hydroxyl groups is 1. The number of hydrogen-bond acceptors (Lipinski definition) is 6. The monoisotopic (exact) mass is 358 g/mol. The zero-order valence-electron chi connectivity index (χ0n) is 13.9. The molecule has 26 heavy (non-hydrogen) atoms. The summed E-state index contributed by atoms with van der Waals surface area (Å²) in [6.07, 6.45) is 0.968. The summed E-state index contributed by atoms with van der Waals surface area (Å²) in [5, 5.41) is 19.1. The molecule has 4 rings (SSSR count). The first kappa shape index (κ1) is 16.3. The molecule has 0 aliphatic carbocycles. The number of benzene rings is 1. The van der Waals surface area contributed by atoms with E-state index in [4.69, 9.17) is 9.84 Å². The Morgan fingerprint density at radius 1 is 1.27 bits per heavy atom. The van der Waals surface area contributed by atoms with E-state index in [9.17, 15) is 14.7 Å². The van der Waals surface area contributed by atoms with Crippen LogP contribution in [-0.4, -0.2) is 41.0 Å². The van der Waals surface area contributed by atoms with E-state index in [1.54, 1.807) is 0 Å². The van der Waals surface area contributed by atoms with Gasteiger partial charge in [0.25, 0.3) is 5.56 Å². The maximum absolute atomic E-state index is 12.2. The Morgan fingerprint density at radius 2 is 2.04 bits per heavy atom. The number of aromatic amines is 1. The zero-order chi connectivity index (χ0) is 18.3. The first-order valence-electron chi connectivity index (χ1n) is 8.45. The third-order valence-corrected chi connectivity index (χ3v) is 4.75. The second-order valence-corrected chi connectivity index (χ2v) is 6.33. The molecular weight excluding hydrogens is 340 g/mol. The molecule has 3 N–H and O–H groups in total. The second-order valence-electron chi connectivity index (χ2n) is 6.33. The minimum atomic E-state index is -1.66. The maximum Gasteiger partial charge on any atom is 0.511 e. The Hall–Kier alpha value is -3.16. The minimum Gasteiger partial charge on any atom is -0.504 e. The lowest BCUT2D eigenvalue weighted by atomic mass is 10.0. The van der Waals surface area contributed by atoms with Crippen molar-refractivity contribution in [2.24, 2.45) is 0 Å². The molecule has 2 aliphatic rings. The molecule has 1 aromatic carbocycles. The average Bonchev–Trinajstić information content (AvgIpc) is 3.08. The van der Waals surface area contributed by atoms with E-state index in [2.05, 4.69) is 14.6 Å². The molecule has 0 bridgehead atoms. The number of aromatic nitrogens is 1. The summed E-state index contributed by atoms with van der Waals surface area (Å²) in [7, 11) is 0. The molecule has 8 nitrogen and oxygen atoms in total. The highest BCUT2D eigenvalue weighted by Gasteiger charge is 2.26. The van der Waals surface area contributed by atoms with Gasteiger partial charge in [0.15, 0.2) is 5.75 Å². The van der Waals surface area contributed by atoms with Crippen molar-refractivity contribution in [2.75, 3.05) is 24.6 Å². The summed E-state index contributed by atoms with van der Waals surface area (Å²) in [5.41, 5.74) is 1.72. The lowest BCUT2D eigenvalue weighted by molar-refractivity contribution is 0.142.